The van der Waals surface area contributed by atoms with E-state index in [1.807, 2.05) is 0 Å². The van der Waals surface area contributed by atoms with Gasteiger partial charge in [-0.2, -0.15) is 0 Å². The lowest BCUT2D eigenvalue weighted by atomic mass is 9.95. The summed E-state index contributed by atoms with van der Waals surface area (Å²) in [4.78, 5) is 13.7. The molecule has 7 heteroatoms. The lowest BCUT2D eigenvalue weighted by Gasteiger charge is -2.31. The quantitative estimate of drug-likeness (QED) is 0.327. The van der Waals surface area contributed by atoms with E-state index in [0.29, 0.717) is 25.9 Å². The van der Waals surface area contributed by atoms with Crippen LogP contribution >= 0.6 is 0 Å². The van der Waals surface area contributed by atoms with E-state index in [-0.39, 0.29) is 23.1 Å². The minimum absolute atomic E-state index is 0.0614. The Hall–Kier alpha value is -2.31. The van der Waals surface area contributed by atoms with Crippen LogP contribution in [0.1, 0.15) is 23.2 Å². The maximum Gasteiger partial charge on any atom is 0.256 e. The number of phenolic OH excluding ortho intramolecular Hbond substituents is 1. The Labute approximate surface area is 115 Å². The van der Waals surface area contributed by atoms with Crippen molar-refractivity contribution in [2.24, 2.45) is 16.8 Å². The summed E-state index contributed by atoms with van der Waals surface area (Å²) in [5, 5.41) is 20.7. The Morgan fingerprint density at radius 3 is 2.60 bits per heavy atom. The molecule has 108 valence electrons. The van der Waals surface area contributed by atoms with Crippen molar-refractivity contribution >= 4 is 11.7 Å². The van der Waals surface area contributed by atoms with E-state index >= 15 is 0 Å². The van der Waals surface area contributed by atoms with Crippen LogP contribution in [0.2, 0.25) is 0 Å². The molecule has 1 aliphatic heterocycles. The summed E-state index contributed by atoms with van der Waals surface area (Å²) in [6.07, 6.45) is 1.14. The first-order valence-corrected chi connectivity index (χ1v) is 6.28. The summed E-state index contributed by atoms with van der Waals surface area (Å²) < 4.78 is 13.6. The van der Waals surface area contributed by atoms with Crippen LogP contribution in [0.4, 0.5) is 4.39 Å². The van der Waals surface area contributed by atoms with Crippen LogP contribution in [-0.4, -0.2) is 40.0 Å². The van der Waals surface area contributed by atoms with Gasteiger partial charge in [0.15, 0.2) is 0 Å². The van der Waals surface area contributed by atoms with Gasteiger partial charge in [-0.25, -0.2) is 4.39 Å². The number of phenols is 1. The molecule has 4 N–H and O–H groups in total. The number of carbonyl (C=O) groups excluding carboxylic acids is 1. The highest BCUT2D eigenvalue weighted by molar-refractivity contribution is 5.95. The van der Waals surface area contributed by atoms with Gasteiger partial charge < -0.3 is 20.9 Å². The van der Waals surface area contributed by atoms with Crippen LogP contribution in [0.15, 0.2) is 23.4 Å². The number of likely N-dealkylation sites (tertiary alicyclic amines) is 1. The van der Waals surface area contributed by atoms with E-state index in [2.05, 4.69) is 5.16 Å². The third-order valence-corrected chi connectivity index (χ3v) is 3.50. The SMILES string of the molecule is N/C(=N/O)C1CCN(C(=O)c2ccc(O)cc2F)CC1. The van der Waals surface area contributed by atoms with Gasteiger partial charge in [-0.3, -0.25) is 4.79 Å². The topological polar surface area (TPSA) is 99.2 Å². The summed E-state index contributed by atoms with van der Waals surface area (Å²) in [7, 11) is 0. The molecule has 1 saturated heterocycles. The van der Waals surface area contributed by atoms with Gasteiger partial charge >= 0.3 is 0 Å². The van der Waals surface area contributed by atoms with Gasteiger partial charge in [0, 0.05) is 25.1 Å². The zero-order valence-electron chi connectivity index (χ0n) is 10.8. The van der Waals surface area contributed by atoms with Crippen molar-refractivity contribution in [1.29, 1.82) is 0 Å². The molecule has 0 bridgehead atoms. The van der Waals surface area contributed by atoms with Crippen molar-refractivity contribution in [2.75, 3.05) is 13.1 Å². The average Bonchev–Trinajstić information content (AvgIpc) is 2.46. The number of rotatable bonds is 2. The van der Waals surface area contributed by atoms with Gasteiger partial charge in [-0.1, -0.05) is 5.16 Å². The lowest BCUT2D eigenvalue weighted by Crippen LogP contribution is -2.42. The maximum atomic E-state index is 13.6. The van der Waals surface area contributed by atoms with E-state index in [1.54, 1.807) is 0 Å². The van der Waals surface area contributed by atoms with Gasteiger partial charge in [0.2, 0.25) is 0 Å². The summed E-state index contributed by atoms with van der Waals surface area (Å²) in [6, 6.07) is 3.46. The van der Waals surface area contributed by atoms with Crippen molar-refractivity contribution in [2.45, 2.75) is 12.8 Å². The van der Waals surface area contributed by atoms with Gasteiger partial charge in [0.05, 0.1) is 5.56 Å². The van der Waals surface area contributed by atoms with Crippen molar-refractivity contribution < 1.29 is 19.5 Å². The smallest absolute Gasteiger partial charge is 0.256 e. The molecule has 1 aliphatic rings. The van der Waals surface area contributed by atoms with Crippen LogP contribution in [0.25, 0.3) is 0 Å². The molecule has 0 aromatic heterocycles. The first-order chi connectivity index (χ1) is 9.52. The fourth-order valence-corrected chi connectivity index (χ4v) is 2.31. The Morgan fingerprint density at radius 1 is 1.40 bits per heavy atom. The number of nitrogens with zero attached hydrogens (tertiary/aromatic N) is 2. The number of piperidine rings is 1. The van der Waals surface area contributed by atoms with Gasteiger partial charge in [0.25, 0.3) is 5.91 Å². The van der Waals surface area contributed by atoms with Crippen molar-refractivity contribution in [1.82, 2.24) is 4.90 Å². The fourth-order valence-electron chi connectivity index (χ4n) is 2.31. The molecule has 1 heterocycles. The monoisotopic (exact) mass is 281 g/mol. The van der Waals surface area contributed by atoms with Gasteiger partial charge in [-0.15, -0.1) is 0 Å². The number of hydrogen-bond acceptors (Lipinski definition) is 4. The van der Waals surface area contributed by atoms with Crippen LogP contribution in [0.3, 0.4) is 0 Å². The number of benzene rings is 1. The third-order valence-electron chi connectivity index (χ3n) is 3.50. The summed E-state index contributed by atoms with van der Waals surface area (Å²) in [5.41, 5.74) is 5.47. The van der Waals surface area contributed by atoms with Gasteiger partial charge in [-0.05, 0) is 25.0 Å². The Kier molecular flexibility index (Phi) is 4.07. The first-order valence-electron chi connectivity index (χ1n) is 6.28. The molecule has 1 aromatic rings. The number of hydrogen-bond donors (Lipinski definition) is 3. The van der Waals surface area contributed by atoms with Crippen LogP contribution < -0.4 is 5.73 Å². The molecular formula is C13H16FN3O3. The second kappa shape index (κ2) is 5.77. The van der Waals surface area contributed by atoms with Crippen molar-refractivity contribution in [3.63, 3.8) is 0 Å². The van der Waals surface area contributed by atoms with Crippen LogP contribution in [0.5, 0.6) is 5.75 Å². The minimum atomic E-state index is -0.742. The van der Waals surface area contributed by atoms with E-state index in [0.717, 1.165) is 6.07 Å². The summed E-state index contributed by atoms with van der Waals surface area (Å²) in [6.45, 7) is 0.833. The van der Waals surface area contributed by atoms with Crippen LogP contribution in [-0.2, 0) is 0 Å². The zero-order chi connectivity index (χ0) is 14.7. The number of amidine groups is 1. The molecule has 0 spiro atoms. The molecule has 0 aliphatic carbocycles. The molecule has 1 fully saturated rings. The molecule has 0 unspecified atom stereocenters. The third kappa shape index (κ3) is 2.81. The average molecular weight is 281 g/mol. The summed E-state index contributed by atoms with van der Waals surface area (Å²) in [5.74, 6) is -1.28. The number of carbonyl (C=O) groups is 1. The van der Waals surface area contributed by atoms with E-state index < -0.39 is 11.7 Å². The maximum absolute atomic E-state index is 13.6. The molecule has 20 heavy (non-hydrogen) atoms. The molecular weight excluding hydrogens is 265 g/mol. The Morgan fingerprint density at radius 2 is 2.05 bits per heavy atom. The highest BCUT2D eigenvalue weighted by Crippen LogP contribution is 2.21. The second-order valence-electron chi connectivity index (χ2n) is 4.76. The zero-order valence-corrected chi connectivity index (χ0v) is 10.8. The van der Waals surface area contributed by atoms with Gasteiger partial charge in [0.1, 0.15) is 17.4 Å². The molecule has 0 atom stereocenters. The number of halogens is 1. The second-order valence-corrected chi connectivity index (χ2v) is 4.76. The summed E-state index contributed by atoms with van der Waals surface area (Å²) >= 11 is 0. The highest BCUT2D eigenvalue weighted by atomic mass is 19.1. The largest absolute Gasteiger partial charge is 0.508 e. The predicted molar refractivity (Wildman–Crippen MR) is 70.1 cm³/mol. The molecule has 1 aromatic carbocycles. The minimum Gasteiger partial charge on any atom is -0.508 e. The number of nitrogens with two attached hydrogens (primary N) is 1. The Bertz CT molecular complexity index is 540. The predicted octanol–water partition coefficient (Wildman–Crippen LogP) is 1.13. The molecule has 1 amide bonds. The molecule has 6 nitrogen and oxygen atoms in total. The van der Waals surface area contributed by atoms with Crippen LogP contribution in [0, 0.1) is 11.7 Å². The van der Waals surface area contributed by atoms with E-state index in [9.17, 15) is 9.18 Å². The standard InChI is InChI=1S/C13H16FN3O3/c14-11-7-9(18)1-2-10(11)13(19)17-5-3-8(4-6-17)12(15)16-20/h1-2,7-8,18,20H,3-6H2,(H2,15,16). The number of aromatic hydroxyl groups is 1. The van der Waals surface area contributed by atoms with Crippen molar-refractivity contribution in [3.8, 4) is 5.75 Å². The van der Waals surface area contributed by atoms with Crippen molar-refractivity contribution in [3.05, 3.63) is 29.6 Å². The van der Waals surface area contributed by atoms with E-state index in [1.165, 1.54) is 17.0 Å². The number of oxime groups is 1. The molecule has 0 radical (unpaired) electrons. The normalized spacial score (nSPS) is 17.2. The Balaban J connectivity index is 2.05. The lowest BCUT2D eigenvalue weighted by molar-refractivity contribution is 0.0704. The molecule has 0 saturated carbocycles. The highest BCUT2D eigenvalue weighted by Gasteiger charge is 2.27. The first kappa shape index (κ1) is 14.1. The fraction of sp³-hybridized carbons (Fsp3) is 0.385. The number of amides is 1. The molecule has 2 rings (SSSR count). The van der Waals surface area contributed by atoms with E-state index in [4.69, 9.17) is 16.0 Å².